The van der Waals surface area contributed by atoms with Crippen LogP contribution in [0.5, 0.6) is 0 Å². The Bertz CT molecular complexity index is 294. The predicted octanol–water partition coefficient (Wildman–Crippen LogP) is 0.668. The normalized spacial score (nSPS) is 8.09. The van der Waals surface area contributed by atoms with Crippen LogP contribution in [-0.4, -0.2) is 17.5 Å². The Hall–Kier alpha value is -1.34. The van der Waals surface area contributed by atoms with Gasteiger partial charge >= 0.3 is 5.97 Å². The molecule has 56 valence electrons. The molecular formula is C7H5NO2S. The molecule has 0 spiro atoms. The Morgan fingerprint density at radius 2 is 2.64 bits per heavy atom. The van der Waals surface area contributed by atoms with Gasteiger partial charge in [-0.15, -0.1) is 0 Å². The van der Waals surface area contributed by atoms with Gasteiger partial charge in [-0.25, -0.2) is 4.79 Å². The molecule has 0 atom stereocenters. The molecule has 1 rings (SSSR count). The minimum absolute atomic E-state index is 0.529. The molecular weight excluding hydrogens is 162 g/mol. The Morgan fingerprint density at radius 1 is 1.82 bits per heavy atom. The average molecular weight is 167 g/mol. The lowest BCUT2D eigenvalue weighted by Gasteiger charge is -1.82. The predicted molar refractivity (Wildman–Crippen MR) is 41.0 cm³/mol. The summed E-state index contributed by atoms with van der Waals surface area (Å²) in [4.78, 5) is 11.3. The lowest BCUT2D eigenvalue weighted by atomic mass is 10.5. The first-order valence-electron chi connectivity index (χ1n) is 2.83. The lowest BCUT2D eigenvalue weighted by molar-refractivity contribution is -0.133. The molecule has 0 amide bonds. The third-order valence-corrected chi connectivity index (χ3v) is 1.57. The Kier molecular flexibility index (Phi) is 2.64. The van der Waals surface area contributed by atoms with E-state index < -0.39 is 5.97 Å². The molecule has 0 saturated heterocycles. The summed E-state index contributed by atoms with van der Waals surface area (Å²) in [5, 5.41) is 0. The van der Waals surface area contributed by atoms with E-state index in [0.29, 0.717) is 0 Å². The number of carbonyl (C=O) groups is 1. The van der Waals surface area contributed by atoms with Crippen molar-refractivity contribution in [1.82, 2.24) is 4.37 Å². The van der Waals surface area contributed by atoms with Gasteiger partial charge in [0.05, 0.1) is 12.0 Å². The second kappa shape index (κ2) is 3.74. The molecule has 1 aromatic rings. The molecule has 3 nitrogen and oxygen atoms in total. The van der Waals surface area contributed by atoms with E-state index in [4.69, 9.17) is 0 Å². The summed E-state index contributed by atoms with van der Waals surface area (Å²) in [6.07, 6.45) is 1.63. The molecule has 0 fully saturated rings. The number of methoxy groups -OCH3 is 1. The van der Waals surface area contributed by atoms with Gasteiger partial charge in [0.2, 0.25) is 0 Å². The summed E-state index contributed by atoms with van der Waals surface area (Å²) >= 11 is 1.24. The number of hydrogen-bond donors (Lipinski definition) is 0. The first kappa shape index (κ1) is 7.76. The van der Waals surface area contributed by atoms with Gasteiger partial charge in [0, 0.05) is 12.1 Å². The number of rotatable bonds is 0. The molecule has 1 heterocycles. The average Bonchev–Trinajstić information content (AvgIpc) is 2.52. The van der Waals surface area contributed by atoms with Crippen LogP contribution in [0.4, 0.5) is 0 Å². The number of ether oxygens (including phenoxy) is 1. The quantitative estimate of drug-likeness (QED) is 0.421. The molecule has 0 aliphatic rings. The van der Waals surface area contributed by atoms with E-state index in [0.717, 1.165) is 4.88 Å². The highest BCUT2D eigenvalue weighted by molar-refractivity contribution is 7.06. The maximum absolute atomic E-state index is 10.5. The highest BCUT2D eigenvalue weighted by Crippen LogP contribution is 2.00. The molecule has 1 aromatic heterocycles. The SMILES string of the molecule is COC(=O)C#Cc1ccns1. The number of hydrogen-bond acceptors (Lipinski definition) is 4. The fourth-order valence-corrected chi connectivity index (χ4v) is 0.898. The largest absolute Gasteiger partial charge is 0.459 e. The first-order valence-corrected chi connectivity index (χ1v) is 3.61. The Balaban J connectivity index is 2.66. The van der Waals surface area contributed by atoms with Crippen molar-refractivity contribution in [2.75, 3.05) is 7.11 Å². The van der Waals surface area contributed by atoms with Gasteiger partial charge in [-0.1, -0.05) is 0 Å². The van der Waals surface area contributed by atoms with E-state index >= 15 is 0 Å². The molecule has 0 aromatic carbocycles. The standard InChI is InChI=1S/C7H5NO2S/c1-10-7(9)3-2-6-4-5-8-11-6/h4-5H,1H3. The fraction of sp³-hybridized carbons (Fsp3) is 0.143. The van der Waals surface area contributed by atoms with E-state index in [9.17, 15) is 4.79 Å². The lowest BCUT2D eigenvalue weighted by Crippen LogP contribution is -1.93. The van der Waals surface area contributed by atoms with E-state index in [-0.39, 0.29) is 0 Å². The van der Waals surface area contributed by atoms with Gasteiger partial charge in [0.1, 0.15) is 0 Å². The summed E-state index contributed by atoms with van der Waals surface area (Å²) in [6.45, 7) is 0. The van der Waals surface area contributed by atoms with Crippen molar-refractivity contribution in [1.29, 1.82) is 0 Å². The van der Waals surface area contributed by atoms with Gasteiger partial charge in [0.15, 0.2) is 0 Å². The number of nitrogens with zero attached hydrogens (tertiary/aromatic N) is 1. The van der Waals surface area contributed by atoms with Gasteiger partial charge in [0.25, 0.3) is 0 Å². The third kappa shape index (κ3) is 2.40. The number of esters is 1. The van der Waals surface area contributed by atoms with Gasteiger partial charge in [-0.2, -0.15) is 4.37 Å². The molecule has 0 aliphatic carbocycles. The highest BCUT2D eigenvalue weighted by atomic mass is 32.1. The van der Waals surface area contributed by atoms with Crippen molar-refractivity contribution in [3.05, 3.63) is 17.1 Å². The van der Waals surface area contributed by atoms with Crippen LogP contribution in [0.2, 0.25) is 0 Å². The summed E-state index contributed by atoms with van der Waals surface area (Å²) in [7, 11) is 1.30. The summed E-state index contributed by atoms with van der Waals surface area (Å²) in [5.41, 5.74) is 0. The molecule has 0 radical (unpaired) electrons. The van der Waals surface area contributed by atoms with Gasteiger partial charge in [-0.3, -0.25) is 0 Å². The maximum atomic E-state index is 10.5. The minimum atomic E-state index is -0.529. The van der Waals surface area contributed by atoms with Crippen LogP contribution in [0.25, 0.3) is 0 Å². The van der Waals surface area contributed by atoms with Crippen molar-refractivity contribution < 1.29 is 9.53 Å². The molecule has 0 unspecified atom stereocenters. The van der Waals surface area contributed by atoms with E-state index in [1.165, 1.54) is 18.6 Å². The third-order valence-electron chi connectivity index (χ3n) is 0.911. The zero-order valence-electron chi connectivity index (χ0n) is 5.83. The molecule has 11 heavy (non-hydrogen) atoms. The fourth-order valence-electron chi connectivity index (χ4n) is 0.444. The van der Waals surface area contributed by atoms with Crippen LogP contribution in [0.3, 0.4) is 0 Å². The van der Waals surface area contributed by atoms with Crippen molar-refractivity contribution in [3.63, 3.8) is 0 Å². The molecule has 4 heteroatoms. The van der Waals surface area contributed by atoms with Crippen LogP contribution in [0, 0.1) is 11.8 Å². The van der Waals surface area contributed by atoms with Gasteiger partial charge < -0.3 is 4.74 Å². The van der Waals surface area contributed by atoms with Crippen molar-refractivity contribution in [2.45, 2.75) is 0 Å². The Morgan fingerprint density at radius 3 is 3.18 bits per heavy atom. The zero-order valence-corrected chi connectivity index (χ0v) is 6.64. The van der Waals surface area contributed by atoms with Crippen LogP contribution >= 0.6 is 11.5 Å². The van der Waals surface area contributed by atoms with E-state index in [2.05, 4.69) is 21.0 Å². The second-order valence-electron chi connectivity index (χ2n) is 1.62. The van der Waals surface area contributed by atoms with E-state index in [1.54, 1.807) is 12.3 Å². The zero-order chi connectivity index (χ0) is 8.10. The molecule has 0 bridgehead atoms. The van der Waals surface area contributed by atoms with Crippen molar-refractivity contribution in [3.8, 4) is 11.8 Å². The van der Waals surface area contributed by atoms with Crippen LogP contribution in [0.15, 0.2) is 12.3 Å². The van der Waals surface area contributed by atoms with Crippen LogP contribution in [-0.2, 0) is 9.53 Å². The number of carbonyl (C=O) groups excluding carboxylic acids is 1. The minimum Gasteiger partial charge on any atom is -0.459 e. The summed E-state index contributed by atoms with van der Waals surface area (Å²) in [5.74, 6) is 4.37. The number of aromatic nitrogens is 1. The second-order valence-corrected chi connectivity index (χ2v) is 2.45. The monoisotopic (exact) mass is 167 g/mol. The van der Waals surface area contributed by atoms with E-state index in [1.807, 2.05) is 0 Å². The smallest absolute Gasteiger partial charge is 0.384 e. The first-order chi connectivity index (χ1) is 5.33. The van der Waals surface area contributed by atoms with Crippen LogP contribution < -0.4 is 0 Å². The maximum Gasteiger partial charge on any atom is 0.384 e. The van der Waals surface area contributed by atoms with Crippen molar-refractivity contribution in [2.24, 2.45) is 0 Å². The molecule has 0 N–H and O–H groups in total. The molecule has 0 aliphatic heterocycles. The topological polar surface area (TPSA) is 39.2 Å². The Labute approximate surface area is 68.2 Å². The van der Waals surface area contributed by atoms with Crippen molar-refractivity contribution >= 4 is 17.5 Å². The van der Waals surface area contributed by atoms with Crippen LogP contribution in [0.1, 0.15) is 4.88 Å². The molecule has 0 saturated carbocycles. The highest BCUT2D eigenvalue weighted by Gasteiger charge is 1.90. The van der Waals surface area contributed by atoms with Gasteiger partial charge in [-0.05, 0) is 23.5 Å². The summed E-state index contributed by atoms with van der Waals surface area (Å²) in [6, 6.07) is 1.74. The summed E-state index contributed by atoms with van der Waals surface area (Å²) < 4.78 is 8.13.